The largest absolute Gasteiger partial charge is 0.497 e. The topological polar surface area (TPSA) is 21.3 Å². The zero-order valence-corrected chi connectivity index (χ0v) is 10.5. The standard InChI is InChI=1S/C15H16FNO/c1-11-6-7-15(14(16)8-11)17-10-12-4-3-5-13(9-12)18-2/h3-9,17H,10H2,1-2H3. The van der Waals surface area contributed by atoms with Crippen molar-refractivity contribution in [3.8, 4) is 5.75 Å². The maximum absolute atomic E-state index is 13.6. The van der Waals surface area contributed by atoms with Crippen LogP contribution in [0.5, 0.6) is 5.75 Å². The monoisotopic (exact) mass is 245 g/mol. The van der Waals surface area contributed by atoms with E-state index in [0.29, 0.717) is 12.2 Å². The van der Waals surface area contributed by atoms with Gasteiger partial charge in [0.05, 0.1) is 12.8 Å². The summed E-state index contributed by atoms with van der Waals surface area (Å²) in [7, 11) is 1.63. The molecule has 2 nitrogen and oxygen atoms in total. The molecule has 0 saturated heterocycles. The highest BCUT2D eigenvalue weighted by Gasteiger charge is 2.02. The molecule has 0 aliphatic heterocycles. The van der Waals surface area contributed by atoms with Crippen molar-refractivity contribution in [2.24, 2.45) is 0 Å². The van der Waals surface area contributed by atoms with Crippen LogP contribution in [0.3, 0.4) is 0 Å². The van der Waals surface area contributed by atoms with Crippen LogP contribution in [-0.2, 0) is 6.54 Å². The fourth-order valence-electron chi connectivity index (χ4n) is 1.74. The van der Waals surface area contributed by atoms with Gasteiger partial charge in [0.15, 0.2) is 0 Å². The van der Waals surface area contributed by atoms with Gasteiger partial charge in [0.2, 0.25) is 0 Å². The van der Waals surface area contributed by atoms with Crippen molar-refractivity contribution in [2.75, 3.05) is 12.4 Å². The lowest BCUT2D eigenvalue weighted by molar-refractivity contribution is 0.414. The van der Waals surface area contributed by atoms with E-state index in [2.05, 4.69) is 5.32 Å². The van der Waals surface area contributed by atoms with Gasteiger partial charge in [0.1, 0.15) is 11.6 Å². The number of nitrogens with one attached hydrogen (secondary N) is 1. The Labute approximate surface area is 106 Å². The maximum Gasteiger partial charge on any atom is 0.146 e. The van der Waals surface area contributed by atoms with Crippen molar-refractivity contribution in [1.82, 2.24) is 0 Å². The molecular formula is C15H16FNO. The van der Waals surface area contributed by atoms with Gasteiger partial charge in [-0.1, -0.05) is 18.2 Å². The van der Waals surface area contributed by atoms with Crippen LogP contribution in [0.1, 0.15) is 11.1 Å². The number of methoxy groups -OCH3 is 1. The molecule has 0 aliphatic rings. The SMILES string of the molecule is COc1cccc(CNc2ccc(C)cc2F)c1. The molecule has 2 aromatic carbocycles. The lowest BCUT2D eigenvalue weighted by atomic mass is 10.2. The summed E-state index contributed by atoms with van der Waals surface area (Å²) in [6, 6.07) is 12.9. The van der Waals surface area contributed by atoms with Crippen LogP contribution in [0, 0.1) is 12.7 Å². The normalized spacial score (nSPS) is 10.2. The van der Waals surface area contributed by atoms with Crippen LogP contribution in [0.2, 0.25) is 0 Å². The second-order valence-corrected chi connectivity index (χ2v) is 4.19. The van der Waals surface area contributed by atoms with E-state index >= 15 is 0 Å². The van der Waals surface area contributed by atoms with Crippen molar-refractivity contribution in [3.05, 3.63) is 59.4 Å². The Balaban J connectivity index is 2.06. The van der Waals surface area contributed by atoms with Gasteiger partial charge in [-0.15, -0.1) is 0 Å². The van der Waals surface area contributed by atoms with Gasteiger partial charge in [0, 0.05) is 6.54 Å². The third-order valence-electron chi connectivity index (χ3n) is 2.74. The molecule has 3 heteroatoms. The molecule has 0 amide bonds. The summed E-state index contributed by atoms with van der Waals surface area (Å²) in [6.45, 7) is 2.44. The molecule has 18 heavy (non-hydrogen) atoms. The highest BCUT2D eigenvalue weighted by molar-refractivity contribution is 5.47. The first kappa shape index (κ1) is 12.4. The van der Waals surface area contributed by atoms with Crippen LogP contribution in [0.15, 0.2) is 42.5 Å². The van der Waals surface area contributed by atoms with Gasteiger partial charge in [-0.2, -0.15) is 0 Å². The summed E-state index contributed by atoms with van der Waals surface area (Å²) in [5, 5.41) is 3.08. The van der Waals surface area contributed by atoms with E-state index in [9.17, 15) is 4.39 Å². The summed E-state index contributed by atoms with van der Waals surface area (Å²) in [4.78, 5) is 0. The van der Waals surface area contributed by atoms with Crippen LogP contribution < -0.4 is 10.1 Å². The number of aryl methyl sites for hydroxylation is 1. The van der Waals surface area contributed by atoms with Gasteiger partial charge < -0.3 is 10.1 Å². The van der Waals surface area contributed by atoms with Crippen molar-refractivity contribution >= 4 is 5.69 Å². The number of anilines is 1. The van der Waals surface area contributed by atoms with Gasteiger partial charge in [-0.25, -0.2) is 4.39 Å². The number of hydrogen-bond donors (Lipinski definition) is 1. The molecule has 2 aromatic rings. The van der Waals surface area contributed by atoms with Gasteiger partial charge >= 0.3 is 0 Å². The van der Waals surface area contributed by atoms with Crippen molar-refractivity contribution in [2.45, 2.75) is 13.5 Å². The van der Waals surface area contributed by atoms with E-state index in [0.717, 1.165) is 16.9 Å². The molecule has 2 rings (SSSR count). The number of rotatable bonds is 4. The highest BCUT2D eigenvalue weighted by Crippen LogP contribution is 2.18. The second-order valence-electron chi connectivity index (χ2n) is 4.19. The van der Waals surface area contributed by atoms with Crippen molar-refractivity contribution in [1.29, 1.82) is 0 Å². The Bertz CT molecular complexity index is 540. The summed E-state index contributed by atoms with van der Waals surface area (Å²) in [6.07, 6.45) is 0. The minimum absolute atomic E-state index is 0.224. The zero-order valence-electron chi connectivity index (χ0n) is 10.5. The van der Waals surface area contributed by atoms with Crippen LogP contribution in [-0.4, -0.2) is 7.11 Å². The van der Waals surface area contributed by atoms with Crippen molar-refractivity contribution < 1.29 is 9.13 Å². The van der Waals surface area contributed by atoms with E-state index in [1.54, 1.807) is 13.2 Å². The molecule has 0 aromatic heterocycles. The number of ether oxygens (including phenoxy) is 1. The maximum atomic E-state index is 13.6. The Morgan fingerprint density at radius 2 is 2.00 bits per heavy atom. The first-order valence-electron chi connectivity index (χ1n) is 5.82. The predicted octanol–water partition coefficient (Wildman–Crippen LogP) is 3.75. The van der Waals surface area contributed by atoms with Crippen LogP contribution in [0.25, 0.3) is 0 Å². The molecule has 0 unspecified atom stereocenters. The molecule has 94 valence electrons. The third kappa shape index (κ3) is 3.00. The number of hydrogen-bond acceptors (Lipinski definition) is 2. The van der Waals surface area contributed by atoms with Gasteiger partial charge in [-0.05, 0) is 42.3 Å². The highest BCUT2D eigenvalue weighted by atomic mass is 19.1. The molecule has 0 aliphatic carbocycles. The Morgan fingerprint density at radius 1 is 1.17 bits per heavy atom. The quantitative estimate of drug-likeness (QED) is 0.885. The molecule has 1 N–H and O–H groups in total. The lowest BCUT2D eigenvalue weighted by Gasteiger charge is -2.09. The van der Waals surface area contributed by atoms with E-state index in [1.165, 1.54) is 6.07 Å². The average molecular weight is 245 g/mol. The van der Waals surface area contributed by atoms with E-state index in [1.807, 2.05) is 37.3 Å². The van der Waals surface area contributed by atoms with E-state index in [4.69, 9.17) is 4.74 Å². The Hall–Kier alpha value is -2.03. The van der Waals surface area contributed by atoms with E-state index in [-0.39, 0.29) is 5.82 Å². The average Bonchev–Trinajstić information content (AvgIpc) is 2.38. The van der Waals surface area contributed by atoms with Crippen LogP contribution in [0.4, 0.5) is 10.1 Å². The first-order valence-corrected chi connectivity index (χ1v) is 5.82. The van der Waals surface area contributed by atoms with Crippen LogP contribution >= 0.6 is 0 Å². The molecule has 0 bridgehead atoms. The van der Waals surface area contributed by atoms with E-state index < -0.39 is 0 Å². The lowest BCUT2D eigenvalue weighted by Crippen LogP contribution is -2.01. The predicted molar refractivity (Wildman–Crippen MR) is 71.5 cm³/mol. The summed E-state index contributed by atoms with van der Waals surface area (Å²) < 4.78 is 18.8. The molecule has 0 heterocycles. The Morgan fingerprint density at radius 3 is 2.72 bits per heavy atom. The fraction of sp³-hybridized carbons (Fsp3) is 0.200. The zero-order chi connectivity index (χ0) is 13.0. The Kier molecular flexibility index (Phi) is 3.82. The summed E-state index contributed by atoms with van der Waals surface area (Å²) in [5.41, 5.74) is 2.48. The third-order valence-corrected chi connectivity index (χ3v) is 2.74. The molecule has 0 fully saturated rings. The molecule has 0 spiro atoms. The smallest absolute Gasteiger partial charge is 0.146 e. The molecule has 0 atom stereocenters. The summed E-state index contributed by atoms with van der Waals surface area (Å²) in [5.74, 6) is 0.580. The fourth-order valence-corrected chi connectivity index (χ4v) is 1.74. The molecular weight excluding hydrogens is 229 g/mol. The second kappa shape index (κ2) is 5.54. The van der Waals surface area contributed by atoms with Crippen molar-refractivity contribution in [3.63, 3.8) is 0 Å². The summed E-state index contributed by atoms with van der Waals surface area (Å²) >= 11 is 0. The molecule has 0 radical (unpaired) electrons. The van der Waals surface area contributed by atoms with Gasteiger partial charge in [-0.3, -0.25) is 0 Å². The number of halogens is 1. The first-order chi connectivity index (χ1) is 8.69. The number of benzene rings is 2. The molecule has 0 saturated carbocycles. The minimum Gasteiger partial charge on any atom is -0.497 e. The minimum atomic E-state index is -0.224. The van der Waals surface area contributed by atoms with Gasteiger partial charge in [0.25, 0.3) is 0 Å².